The maximum atomic E-state index is 13.3. The Kier molecular flexibility index (Phi) is 2.76. The molecule has 0 saturated heterocycles. The van der Waals surface area contributed by atoms with E-state index in [9.17, 15) is 13.6 Å². The number of carbonyl (C=O) groups excluding carboxylic acids is 1. The second kappa shape index (κ2) is 3.47. The number of benzene rings is 1. The zero-order valence-electron chi connectivity index (χ0n) is 7.77. The van der Waals surface area contributed by atoms with Gasteiger partial charge in [-0.2, -0.15) is 8.78 Å². The van der Waals surface area contributed by atoms with Gasteiger partial charge < -0.3 is 10.6 Å². The Morgan fingerprint density at radius 3 is 2.60 bits per heavy atom. The van der Waals surface area contributed by atoms with Gasteiger partial charge in [0.2, 0.25) is 0 Å². The van der Waals surface area contributed by atoms with E-state index in [0.29, 0.717) is 0 Å². The van der Waals surface area contributed by atoms with Gasteiger partial charge in [-0.3, -0.25) is 4.79 Å². The summed E-state index contributed by atoms with van der Waals surface area (Å²) < 4.78 is 26.6. The standard InChI is InChI=1S/C9H8F2N2O.Fe/c1-13-7-3-2-5(12)4-6(7)9(10,11)8(13)14;/h2-4H,12H2,1H3;. The van der Waals surface area contributed by atoms with E-state index in [-0.39, 0.29) is 34.0 Å². The van der Waals surface area contributed by atoms with Gasteiger partial charge in [0.15, 0.2) is 0 Å². The van der Waals surface area contributed by atoms with Crippen LogP contribution in [0.15, 0.2) is 18.2 Å². The minimum Gasteiger partial charge on any atom is -0.399 e. The number of hydrogen-bond donors (Lipinski definition) is 1. The first-order valence-corrected chi connectivity index (χ1v) is 4.00. The first-order chi connectivity index (χ1) is 6.44. The number of halogens is 2. The molecular weight excluding hydrogens is 246 g/mol. The molecule has 0 aromatic heterocycles. The second-order valence-corrected chi connectivity index (χ2v) is 3.22. The molecule has 2 N–H and O–H groups in total. The van der Waals surface area contributed by atoms with Crippen molar-refractivity contribution in [1.29, 1.82) is 0 Å². The molecule has 0 atom stereocenters. The van der Waals surface area contributed by atoms with Crippen LogP contribution in [0.1, 0.15) is 5.56 Å². The van der Waals surface area contributed by atoms with Crippen LogP contribution in [-0.4, -0.2) is 13.0 Å². The van der Waals surface area contributed by atoms with E-state index in [1.165, 1.54) is 19.2 Å². The van der Waals surface area contributed by atoms with Crippen molar-refractivity contribution in [1.82, 2.24) is 0 Å². The minimum absolute atomic E-state index is 0. The number of nitrogens with two attached hydrogens (primary N) is 1. The van der Waals surface area contributed by atoms with E-state index < -0.39 is 11.8 Å². The zero-order valence-corrected chi connectivity index (χ0v) is 8.88. The molecule has 1 aliphatic heterocycles. The zero-order chi connectivity index (χ0) is 10.5. The van der Waals surface area contributed by atoms with Crippen LogP contribution < -0.4 is 10.6 Å². The van der Waals surface area contributed by atoms with Crippen molar-refractivity contribution in [2.24, 2.45) is 0 Å². The Balaban J connectivity index is 0.00000112. The average Bonchev–Trinajstić information content (AvgIpc) is 2.29. The van der Waals surface area contributed by atoms with Crippen LogP contribution in [0, 0.1) is 0 Å². The molecule has 15 heavy (non-hydrogen) atoms. The molecule has 1 amide bonds. The van der Waals surface area contributed by atoms with E-state index in [2.05, 4.69) is 0 Å². The van der Waals surface area contributed by atoms with Crippen LogP contribution in [0.5, 0.6) is 0 Å². The SMILES string of the molecule is CN1C(=O)C(F)(F)c2cc(N)ccc21.[Fe]. The third-order valence-corrected chi connectivity index (χ3v) is 2.29. The molecule has 0 spiro atoms. The Morgan fingerprint density at radius 2 is 2.00 bits per heavy atom. The predicted octanol–water partition coefficient (Wildman–Crippen LogP) is 1.33. The van der Waals surface area contributed by atoms with Gasteiger partial charge in [-0.1, -0.05) is 0 Å². The van der Waals surface area contributed by atoms with E-state index in [0.717, 1.165) is 11.0 Å². The van der Waals surface area contributed by atoms with Gasteiger partial charge in [0.05, 0.1) is 11.3 Å². The number of alkyl halides is 2. The molecule has 0 bridgehead atoms. The molecule has 1 aliphatic rings. The fraction of sp³-hybridized carbons (Fsp3) is 0.222. The van der Waals surface area contributed by atoms with Crippen LogP contribution in [0.2, 0.25) is 0 Å². The third-order valence-electron chi connectivity index (χ3n) is 2.29. The van der Waals surface area contributed by atoms with Crippen LogP contribution in [0.3, 0.4) is 0 Å². The topological polar surface area (TPSA) is 46.3 Å². The van der Waals surface area contributed by atoms with Crippen molar-refractivity contribution in [3.05, 3.63) is 23.8 Å². The van der Waals surface area contributed by atoms with Crippen molar-refractivity contribution in [2.45, 2.75) is 5.92 Å². The number of amides is 1. The molecule has 0 aliphatic carbocycles. The minimum atomic E-state index is -3.44. The molecule has 82 valence electrons. The molecule has 0 saturated carbocycles. The van der Waals surface area contributed by atoms with Gasteiger partial charge in [0, 0.05) is 29.8 Å². The summed E-state index contributed by atoms with van der Waals surface area (Å²) in [4.78, 5) is 12.1. The summed E-state index contributed by atoms with van der Waals surface area (Å²) in [6, 6.07) is 4.05. The van der Waals surface area contributed by atoms with Gasteiger partial charge in [-0.25, -0.2) is 0 Å². The number of likely N-dealkylation sites (N-methyl/N-ethyl adjacent to an activating group) is 1. The first-order valence-electron chi connectivity index (χ1n) is 4.00. The first kappa shape index (κ1) is 11.9. The summed E-state index contributed by atoms with van der Waals surface area (Å²) in [6.07, 6.45) is 0. The molecule has 0 fully saturated rings. The summed E-state index contributed by atoms with van der Waals surface area (Å²) in [5.41, 5.74) is 5.51. The van der Waals surface area contributed by atoms with Crippen molar-refractivity contribution < 1.29 is 30.6 Å². The number of anilines is 2. The largest absolute Gasteiger partial charge is 0.399 e. The number of fused-ring (bicyclic) bond motifs is 1. The van der Waals surface area contributed by atoms with E-state index >= 15 is 0 Å². The number of hydrogen-bond acceptors (Lipinski definition) is 2. The fourth-order valence-corrected chi connectivity index (χ4v) is 1.53. The molecule has 1 aromatic carbocycles. The summed E-state index contributed by atoms with van der Waals surface area (Å²) in [5.74, 6) is -4.66. The van der Waals surface area contributed by atoms with Crippen LogP contribution in [-0.2, 0) is 27.8 Å². The number of nitrogens with zero attached hydrogens (tertiary/aromatic N) is 1. The number of rotatable bonds is 0. The maximum absolute atomic E-state index is 13.3. The molecule has 1 aromatic rings. The smallest absolute Gasteiger partial charge is 0.352 e. The number of carbonyl (C=O) groups is 1. The van der Waals surface area contributed by atoms with Crippen LogP contribution in [0.4, 0.5) is 20.2 Å². The van der Waals surface area contributed by atoms with Crippen LogP contribution in [0.25, 0.3) is 0 Å². The summed E-state index contributed by atoms with van der Waals surface area (Å²) in [6.45, 7) is 0. The monoisotopic (exact) mass is 254 g/mol. The Bertz CT molecular complexity index is 423. The Hall–Kier alpha value is -1.13. The Morgan fingerprint density at radius 1 is 1.40 bits per heavy atom. The average molecular weight is 254 g/mol. The molecule has 3 nitrogen and oxygen atoms in total. The molecule has 2 rings (SSSR count). The quantitative estimate of drug-likeness (QED) is 0.560. The molecular formula is C9H8F2FeN2O. The Labute approximate surface area is 95.7 Å². The molecule has 0 unspecified atom stereocenters. The summed E-state index contributed by atoms with van der Waals surface area (Å²) >= 11 is 0. The van der Waals surface area contributed by atoms with E-state index in [1.807, 2.05) is 0 Å². The second-order valence-electron chi connectivity index (χ2n) is 3.22. The molecule has 0 radical (unpaired) electrons. The summed E-state index contributed by atoms with van der Waals surface area (Å²) in [7, 11) is 1.32. The van der Waals surface area contributed by atoms with Crippen molar-refractivity contribution in [3.63, 3.8) is 0 Å². The normalized spacial score (nSPS) is 17.3. The predicted molar refractivity (Wildman–Crippen MR) is 48.2 cm³/mol. The maximum Gasteiger partial charge on any atom is 0.352 e. The number of nitrogen functional groups attached to an aromatic ring is 1. The molecule has 1 heterocycles. The van der Waals surface area contributed by atoms with Crippen molar-refractivity contribution in [3.8, 4) is 0 Å². The third kappa shape index (κ3) is 1.50. The van der Waals surface area contributed by atoms with Gasteiger partial charge in [-0.05, 0) is 18.2 Å². The van der Waals surface area contributed by atoms with Gasteiger partial charge in [0.25, 0.3) is 0 Å². The summed E-state index contributed by atoms with van der Waals surface area (Å²) in [5, 5.41) is 0. The van der Waals surface area contributed by atoms with Crippen molar-refractivity contribution >= 4 is 17.3 Å². The van der Waals surface area contributed by atoms with Gasteiger partial charge >= 0.3 is 11.8 Å². The van der Waals surface area contributed by atoms with E-state index in [1.54, 1.807) is 0 Å². The fourth-order valence-electron chi connectivity index (χ4n) is 1.53. The van der Waals surface area contributed by atoms with Gasteiger partial charge in [0.1, 0.15) is 0 Å². The van der Waals surface area contributed by atoms with Crippen LogP contribution >= 0.6 is 0 Å². The van der Waals surface area contributed by atoms with Gasteiger partial charge in [-0.15, -0.1) is 0 Å². The van der Waals surface area contributed by atoms with Crippen molar-refractivity contribution in [2.75, 3.05) is 17.7 Å². The van der Waals surface area contributed by atoms with E-state index in [4.69, 9.17) is 5.73 Å². The molecule has 6 heteroatoms.